The molecule has 4 aromatic rings. The summed E-state index contributed by atoms with van der Waals surface area (Å²) in [5.74, 6) is -0.263. The van der Waals surface area contributed by atoms with E-state index in [0.29, 0.717) is 28.8 Å². The molecule has 0 saturated heterocycles. The zero-order chi connectivity index (χ0) is 22.2. The van der Waals surface area contributed by atoms with Crippen molar-refractivity contribution < 1.29 is 14.3 Å². The molecule has 160 valence electrons. The summed E-state index contributed by atoms with van der Waals surface area (Å²) < 4.78 is 6.97. The maximum Gasteiger partial charge on any atom is 0.290 e. The van der Waals surface area contributed by atoms with Crippen LogP contribution in [-0.2, 0) is 13.2 Å². The van der Waals surface area contributed by atoms with E-state index in [4.69, 9.17) is 4.74 Å². The molecule has 5 rings (SSSR count). The van der Waals surface area contributed by atoms with E-state index < -0.39 is 11.8 Å². The fraction of sp³-hybridized carbons (Fsp3) is 0.130. The number of para-hydroxylation sites is 1. The van der Waals surface area contributed by atoms with Crippen LogP contribution in [0, 0.1) is 0 Å². The van der Waals surface area contributed by atoms with E-state index in [2.05, 4.69) is 16.0 Å². The molecule has 0 saturated carbocycles. The number of ether oxygens (including phenoxy) is 1. The summed E-state index contributed by atoms with van der Waals surface area (Å²) in [6.45, 7) is 2.48. The normalized spacial score (nSPS) is 11.9. The Kier molecular flexibility index (Phi) is 4.95. The molecule has 0 spiro atoms. The summed E-state index contributed by atoms with van der Waals surface area (Å²) in [5, 5.41) is 4.99. The molecule has 0 fully saturated rings. The molecule has 3 heterocycles. The predicted octanol–water partition coefficient (Wildman–Crippen LogP) is 3.11. The van der Waals surface area contributed by atoms with Gasteiger partial charge in [0.05, 0.1) is 10.3 Å². The maximum atomic E-state index is 12.8. The summed E-state index contributed by atoms with van der Waals surface area (Å²) in [7, 11) is 0. The zero-order valence-corrected chi connectivity index (χ0v) is 17.9. The van der Waals surface area contributed by atoms with Gasteiger partial charge in [0, 0.05) is 27.9 Å². The number of hydrogen-bond donors (Lipinski definition) is 2. The first kappa shape index (κ1) is 20.0. The Hall–Kier alpha value is -3.98. The third kappa shape index (κ3) is 3.32. The number of hydrazine groups is 1. The number of nitrogens with one attached hydrogen (secondary N) is 2. The highest BCUT2D eigenvalue weighted by molar-refractivity contribution is 7.17. The van der Waals surface area contributed by atoms with Gasteiger partial charge in [-0.25, -0.2) is 4.68 Å². The van der Waals surface area contributed by atoms with E-state index in [-0.39, 0.29) is 11.3 Å². The van der Waals surface area contributed by atoms with Crippen LogP contribution in [-0.4, -0.2) is 21.6 Å². The van der Waals surface area contributed by atoms with Crippen molar-refractivity contribution in [2.75, 3.05) is 0 Å². The quantitative estimate of drug-likeness (QED) is 0.471. The van der Waals surface area contributed by atoms with E-state index in [1.165, 1.54) is 16.0 Å². The van der Waals surface area contributed by atoms with Gasteiger partial charge in [0.15, 0.2) is 5.69 Å². The first-order valence-corrected chi connectivity index (χ1v) is 10.8. The number of nitrogens with zero attached hydrogens (tertiary/aromatic N) is 2. The van der Waals surface area contributed by atoms with Crippen LogP contribution in [0.2, 0.25) is 0 Å². The van der Waals surface area contributed by atoms with Gasteiger partial charge in [0.1, 0.15) is 12.4 Å². The molecule has 2 aromatic heterocycles. The summed E-state index contributed by atoms with van der Waals surface area (Å²) in [6, 6.07) is 16.2. The van der Waals surface area contributed by atoms with Gasteiger partial charge in [-0.3, -0.25) is 25.2 Å². The SMILES string of the molecule is CCn1nc(C(=O)NNC(=O)c2cc3c(s2)-c2ccccc2OC3)c2ccccc2c1=O. The summed E-state index contributed by atoms with van der Waals surface area (Å²) in [6.07, 6.45) is 0. The topological polar surface area (TPSA) is 102 Å². The van der Waals surface area contributed by atoms with Gasteiger partial charge >= 0.3 is 0 Å². The lowest BCUT2D eigenvalue weighted by Crippen LogP contribution is -2.42. The largest absolute Gasteiger partial charge is 0.488 e. The Bertz CT molecular complexity index is 1440. The highest BCUT2D eigenvalue weighted by atomic mass is 32.1. The Morgan fingerprint density at radius 3 is 2.59 bits per heavy atom. The van der Waals surface area contributed by atoms with E-state index in [1.807, 2.05) is 24.3 Å². The summed E-state index contributed by atoms with van der Waals surface area (Å²) in [4.78, 5) is 39.4. The second-order valence-electron chi connectivity index (χ2n) is 7.17. The molecule has 1 aliphatic heterocycles. The van der Waals surface area contributed by atoms with Crippen LogP contribution < -0.4 is 21.1 Å². The van der Waals surface area contributed by atoms with Gasteiger partial charge < -0.3 is 4.74 Å². The lowest BCUT2D eigenvalue weighted by molar-refractivity contribution is 0.0845. The van der Waals surface area contributed by atoms with Crippen LogP contribution in [0.1, 0.15) is 32.6 Å². The van der Waals surface area contributed by atoms with Gasteiger partial charge in [-0.05, 0) is 31.2 Å². The number of carbonyl (C=O) groups is 2. The minimum atomic E-state index is -0.605. The molecule has 32 heavy (non-hydrogen) atoms. The van der Waals surface area contributed by atoms with Crippen LogP contribution in [0.15, 0.2) is 59.4 Å². The first-order chi connectivity index (χ1) is 15.6. The Balaban J connectivity index is 1.38. The average molecular weight is 446 g/mol. The molecule has 8 nitrogen and oxygen atoms in total. The number of fused-ring (bicyclic) bond motifs is 4. The Morgan fingerprint density at radius 1 is 1.06 bits per heavy atom. The molecule has 2 amide bonds. The van der Waals surface area contributed by atoms with E-state index in [9.17, 15) is 14.4 Å². The fourth-order valence-electron chi connectivity index (χ4n) is 3.66. The molecule has 9 heteroatoms. The van der Waals surface area contributed by atoms with Crippen molar-refractivity contribution in [3.63, 3.8) is 0 Å². The number of amides is 2. The predicted molar refractivity (Wildman–Crippen MR) is 121 cm³/mol. The fourth-order valence-corrected chi connectivity index (χ4v) is 4.76. The lowest BCUT2D eigenvalue weighted by atomic mass is 10.1. The smallest absolute Gasteiger partial charge is 0.290 e. The minimum Gasteiger partial charge on any atom is -0.488 e. The monoisotopic (exact) mass is 446 g/mol. The number of carbonyl (C=O) groups excluding carboxylic acids is 2. The van der Waals surface area contributed by atoms with Crippen LogP contribution in [0.3, 0.4) is 0 Å². The second-order valence-corrected chi connectivity index (χ2v) is 8.23. The number of aromatic nitrogens is 2. The molecule has 0 unspecified atom stereocenters. The van der Waals surface area contributed by atoms with Gasteiger partial charge in [0.2, 0.25) is 0 Å². The first-order valence-electron chi connectivity index (χ1n) is 10.0. The maximum absolute atomic E-state index is 12.8. The summed E-state index contributed by atoms with van der Waals surface area (Å²) in [5.41, 5.74) is 6.53. The Labute approximate surface area is 186 Å². The van der Waals surface area contributed by atoms with Crippen LogP contribution in [0.5, 0.6) is 5.75 Å². The van der Waals surface area contributed by atoms with Crippen molar-refractivity contribution in [1.82, 2.24) is 20.6 Å². The van der Waals surface area contributed by atoms with Crippen LogP contribution >= 0.6 is 11.3 Å². The molecule has 0 radical (unpaired) electrons. The number of aryl methyl sites for hydroxylation is 1. The van der Waals surface area contributed by atoms with Crippen molar-refractivity contribution in [3.8, 4) is 16.2 Å². The molecule has 2 aromatic carbocycles. The van der Waals surface area contributed by atoms with E-state index in [0.717, 1.165) is 21.8 Å². The van der Waals surface area contributed by atoms with E-state index >= 15 is 0 Å². The number of thiophene rings is 1. The summed E-state index contributed by atoms with van der Waals surface area (Å²) >= 11 is 1.34. The van der Waals surface area contributed by atoms with Crippen LogP contribution in [0.4, 0.5) is 0 Å². The Morgan fingerprint density at radius 2 is 1.78 bits per heavy atom. The standard InChI is InChI=1S/C23H18N4O4S/c1-2-27-23(30)15-8-4-3-7-14(15)19(26-27)22(29)25-24-21(28)18-11-13-12-31-17-10-6-5-9-16(17)20(13)32-18/h3-11H,2,12H2,1H3,(H,24,28)(H,25,29). The minimum absolute atomic E-state index is 0.0650. The zero-order valence-electron chi connectivity index (χ0n) is 17.0. The van der Waals surface area contributed by atoms with Crippen molar-refractivity contribution in [2.45, 2.75) is 20.1 Å². The van der Waals surface area contributed by atoms with Crippen LogP contribution in [0.25, 0.3) is 21.2 Å². The number of rotatable bonds is 3. The third-order valence-electron chi connectivity index (χ3n) is 5.22. The lowest BCUT2D eigenvalue weighted by Gasteiger charge is -2.16. The van der Waals surface area contributed by atoms with Gasteiger partial charge in [-0.2, -0.15) is 5.10 Å². The van der Waals surface area contributed by atoms with Gasteiger partial charge in [-0.15, -0.1) is 11.3 Å². The van der Waals surface area contributed by atoms with Gasteiger partial charge in [-0.1, -0.05) is 30.3 Å². The molecule has 0 bridgehead atoms. The molecule has 0 aliphatic carbocycles. The molecule has 2 N–H and O–H groups in total. The highest BCUT2D eigenvalue weighted by Crippen LogP contribution is 2.42. The van der Waals surface area contributed by atoms with Crippen molar-refractivity contribution in [1.29, 1.82) is 0 Å². The van der Waals surface area contributed by atoms with E-state index in [1.54, 1.807) is 37.3 Å². The molecular formula is C23H18N4O4S. The van der Waals surface area contributed by atoms with Crippen molar-refractivity contribution in [2.24, 2.45) is 0 Å². The number of hydrogen-bond acceptors (Lipinski definition) is 6. The number of benzene rings is 2. The highest BCUT2D eigenvalue weighted by Gasteiger charge is 2.23. The molecule has 1 aliphatic rings. The second kappa shape index (κ2) is 7.93. The van der Waals surface area contributed by atoms with Gasteiger partial charge in [0.25, 0.3) is 17.4 Å². The van der Waals surface area contributed by atoms with Crippen molar-refractivity contribution in [3.05, 3.63) is 81.1 Å². The average Bonchev–Trinajstić information content (AvgIpc) is 3.28. The third-order valence-corrected chi connectivity index (χ3v) is 6.43. The molecular weight excluding hydrogens is 428 g/mol. The van der Waals surface area contributed by atoms with Crippen molar-refractivity contribution >= 4 is 33.9 Å². The molecule has 0 atom stereocenters.